The van der Waals surface area contributed by atoms with Gasteiger partial charge in [-0.15, -0.1) is 0 Å². The third-order valence-electron chi connectivity index (χ3n) is 0.855. The Balaban J connectivity index is 2.67. The largest absolute Gasteiger partial charge is 0.496 e. The second kappa shape index (κ2) is 2.17. The molecule has 0 amide bonds. The predicted molar refractivity (Wildman–Crippen MR) is 28.8 cm³/mol. The number of rotatable bonds is 0. The molecule has 2 heteroatoms. The van der Waals surface area contributed by atoms with Gasteiger partial charge in [0, 0.05) is 0 Å². The van der Waals surface area contributed by atoms with Gasteiger partial charge in [-0.25, -0.2) is 0 Å². The fourth-order valence-electron chi connectivity index (χ4n) is 0.467. The standard InChI is InChI=1S/C6H5NO/c7-4-6-2-1-3-8-5-6/h1-3H,5H2. The number of hydrogen-bond donors (Lipinski definition) is 0. The van der Waals surface area contributed by atoms with E-state index >= 15 is 0 Å². The predicted octanol–water partition coefficient (Wildman–Crippen LogP) is 0.980. The Labute approximate surface area is 47.7 Å². The Bertz CT molecular complexity index is 173. The van der Waals surface area contributed by atoms with Crippen LogP contribution >= 0.6 is 0 Å². The molecule has 0 N–H and O–H groups in total. The zero-order valence-corrected chi connectivity index (χ0v) is 4.29. The van der Waals surface area contributed by atoms with E-state index in [0.717, 1.165) is 0 Å². The van der Waals surface area contributed by atoms with E-state index in [9.17, 15) is 0 Å². The van der Waals surface area contributed by atoms with Gasteiger partial charge < -0.3 is 4.74 Å². The van der Waals surface area contributed by atoms with Crippen molar-refractivity contribution in [2.24, 2.45) is 0 Å². The molecular weight excluding hydrogens is 102 g/mol. The Morgan fingerprint density at radius 2 is 2.62 bits per heavy atom. The van der Waals surface area contributed by atoms with Crippen molar-refractivity contribution >= 4 is 0 Å². The lowest BCUT2D eigenvalue weighted by molar-refractivity contribution is 0.280. The molecule has 1 aliphatic heterocycles. The molecule has 0 atom stereocenters. The minimum atomic E-state index is 0.424. The van der Waals surface area contributed by atoms with Crippen molar-refractivity contribution in [2.75, 3.05) is 6.61 Å². The quantitative estimate of drug-likeness (QED) is 0.462. The van der Waals surface area contributed by atoms with E-state index in [1.807, 2.05) is 6.07 Å². The van der Waals surface area contributed by atoms with Gasteiger partial charge >= 0.3 is 0 Å². The monoisotopic (exact) mass is 107 g/mol. The van der Waals surface area contributed by atoms with Crippen molar-refractivity contribution in [1.82, 2.24) is 0 Å². The maximum atomic E-state index is 8.26. The highest BCUT2D eigenvalue weighted by Gasteiger charge is 1.94. The summed E-state index contributed by atoms with van der Waals surface area (Å²) in [6.45, 7) is 0.424. The highest BCUT2D eigenvalue weighted by Crippen LogP contribution is 1.99. The second-order valence-electron chi connectivity index (χ2n) is 1.44. The summed E-state index contributed by atoms with van der Waals surface area (Å²) in [6.07, 6.45) is 5.02. The van der Waals surface area contributed by atoms with Crippen LogP contribution in [0.25, 0.3) is 0 Å². The van der Waals surface area contributed by atoms with Crippen LogP contribution in [0.2, 0.25) is 0 Å². The molecule has 0 saturated carbocycles. The third-order valence-corrected chi connectivity index (χ3v) is 0.855. The first-order chi connectivity index (χ1) is 3.93. The summed E-state index contributed by atoms with van der Waals surface area (Å²) in [4.78, 5) is 0. The molecule has 0 aromatic rings. The van der Waals surface area contributed by atoms with Crippen molar-refractivity contribution in [3.63, 3.8) is 0 Å². The Kier molecular flexibility index (Phi) is 1.34. The van der Waals surface area contributed by atoms with Crippen LogP contribution in [0.15, 0.2) is 24.0 Å². The average molecular weight is 107 g/mol. The first kappa shape index (κ1) is 4.92. The van der Waals surface area contributed by atoms with Crippen molar-refractivity contribution < 1.29 is 4.74 Å². The SMILES string of the molecule is N#CC1=CC=COC1. The van der Waals surface area contributed by atoms with E-state index < -0.39 is 0 Å². The van der Waals surface area contributed by atoms with Crippen LogP contribution in [0.3, 0.4) is 0 Å². The zero-order chi connectivity index (χ0) is 5.82. The van der Waals surface area contributed by atoms with Gasteiger partial charge in [-0.2, -0.15) is 5.26 Å². The van der Waals surface area contributed by atoms with Gasteiger partial charge in [0.2, 0.25) is 0 Å². The molecule has 0 aromatic heterocycles. The van der Waals surface area contributed by atoms with E-state index in [2.05, 4.69) is 0 Å². The summed E-state index contributed by atoms with van der Waals surface area (Å²) in [7, 11) is 0. The van der Waals surface area contributed by atoms with Crippen LogP contribution in [-0.4, -0.2) is 6.61 Å². The van der Waals surface area contributed by atoms with Gasteiger partial charge in [0.15, 0.2) is 0 Å². The molecule has 1 heterocycles. The first-order valence-electron chi connectivity index (χ1n) is 2.31. The topological polar surface area (TPSA) is 33.0 Å². The van der Waals surface area contributed by atoms with Gasteiger partial charge in [-0.1, -0.05) is 0 Å². The van der Waals surface area contributed by atoms with Crippen LogP contribution < -0.4 is 0 Å². The third kappa shape index (κ3) is 0.881. The Morgan fingerprint density at radius 1 is 1.75 bits per heavy atom. The Morgan fingerprint density at radius 3 is 3.00 bits per heavy atom. The smallest absolute Gasteiger partial charge is 0.122 e. The minimum absolute atomic E-state index is 0.424. The molecule has 2 nitrogen and oxygen atoms in total. The summed E-state index contributed by atoms with van der Waals surface area (Å²) in [6, 6.07) is 1.99. The maximum absolute atomic E-state index is 8.26. The number of nitriles is 1. The molecule has 0 saturated heterocycles. The lowest BCUT2D eigenvalue weighted by Gasteiger charge is -2.00. The molecule has 1 aliphatic rings. The fourth-order valence-corrected chi connectivity index (χ4v) is 0.467. The summed E-state index contributed by atoms with van der Waals surface area (Å²) in [5.74, 6) is 0. The van der Waals surface area contributed by atoms with Crippen LogP contribution in [-0.2, 0) is 4.74 Å². The van der Waals surface area contributed by atoms with Gasteiger partial charge in [0.05, 0.1) is 17.9 Å². The van der Waals surface area contributed by atoms with Gasteiger partial charge in [0.25, 0.3) is 0 Å². The molecule has 8 heavy (non-hydrogen) atoms. The summed E-state index contributed by atoms with van der Waals surface area (Å²) in [5, 5.41) is 8.26. The minimum Gasteiger partial charge on any atom is -0.496 e. The molecule has 0 radical (unpaired) electrons. The van der Waals surface area contributed by atoms with E-state index in [-0.39, 0.29) is 0 Å². The van der Waals surface area contributed by atoms with Crippen molar-refractivity contribution in [2.45, 2.75) is 0 Å². The fraction of sp³-hybridized carbons (Fsp3) is 0.167. The van der Waals surface area contributed by atoms with Crippen molar-refractivity contribution in [3.8, 4) is 6.07 Å². The highest BCUT2D eigenvalue weighted by atomic mass is 16.5. The van der Waals surface area contributed by atoms with Crippen LogP contribution in [0, 0.1) is 11.3 Å². The lowest BCUT2D eigenvalue weighted by atomic mass is 10.3. The molecule has 0 fully saturated rings. The molecule has 40 valence electrons. The van der Waals surface area contributed by atoms with Crippen LogP contribution in [0.4, 0.5) is 0 Å². The normalized spacial score (nSPS) is 16.1. The highest BCUT2D eigenvalue weighted by molar-refractivity contribution is 5.27. The number of nitrogens with zero attached hydrogens (tertiary/aromatic N) is 1. The molecule has 0 bridgehead atoms. The summed E-state index contributed by atoms with van der Waals surface area (Å²) < 4.78 is 4.80. The van der Waals surface area contributed by atoms with E-state index in [4.69, 9.17) is 10.00 Å². The number of ether oxygens (including phenoxy) is 1. The molecule has 1 rings (SSSR count). The van der Waals surface area contributed by atoms with E-state index in [1.54, 1.807) is 18.4 Å². The number of hydrogen-bond acceptors (Lipinski definition) is 2. The second-order valence-corrected chi connectivity index (χ2v) is 1.44. The van der Waals surface area contributed by atoms with E-state index in [1.165, 1.54) is 0 Å². The summed E-state index contributed by atoms with van der Waals surface area (Å²) >= 11 is 0. The van der Waals surface area contributed by atoms with Crippen molar-refractivity contribution in [1.29, 1.82) is 5.26 Å². The lowest BCUT2D eigenvalue weighted by Crippen LogP contribution is -1.93. The van der Waals surface area contributed by atoms with Gasteiger partial charge in [-0.3, -0.25) is 0 Å². The van der Waals surface area contributed by atoms with E-state index in [0.29, 0.717) is 12.2 Å². The Hall–Kier alpha value is -1.23. The molecule has 0 spiro atoms. The van der Waals surface area contributed by atoms with Crippen molar-refractivity contribution in [3.05, 3.63) is 24.0 Å². The summed E-state index contributed by atoms with van der Waals surface area (Å²) in [5.41, 5.74) is 0.674. The molecular formula is C6H5NO. The molecule has 0 aromatic carbocycles. The van der Waals surface area contributed by atoms with Crippen LogP contribution in [0.1, 0.15) is 0 Å². The molecule has 0 unspecified atom stereocenters. The van der Waals surface area contributed by atoms with Gasteiger partial charge in [0.1, 0.15) is 6.61 Å². The number of allylic oxidation sites excluding steroid dienone is 2. The van der Waals surface area contributed by atoms with Gasteiger partial charge in [-0.05, 0) is 12.2 Å². The molecule has 0 aliphatic carbocycles. The average Bonchev–Trinajstić information content (AvgIpc) is 1.90. The zero-order valence-electron chi connectivity index (χ0n) is 4.29. The van der Waals surface area contributed by atoms with Crippen LogP contribution in [0.5, 0.6) is 0 Å². The maximum Gasteiger partial charge on any atom is 0.122 e. The first-order valence-corrected chi connectivity index (χ1v) is 2.31.